The third kappa shape index (κ3) is 6.07. The minimum absolute atomic E-state index is 0.0103. The van der Waals surface area contributed by atoms with Crippen LogP contribution in [-0.2, 0) is 11.2 Å². The highest BCUT2D eigenvalue weighted by Gasteiger charge is 2.23. The number of anilines is 1. The van der Waals surface area contributed by atoms with Gasteiger partial charge in [-0.25, -0.2) is 14.6 Å². The Morgan fingerprint density at radius 2 is 2.00 bits per heavy atom. The van der Waals surface area contributed by atoms with Crippen LogP contribution in [0.4, 0.5) is 10.6 Å². The Morgan fingerprint density at radius 1 is 1.23 bits per heavy atom. The Morgan fingerprint density at radius 3 is 2.58 bits per heavy atom. The summed E-state index contributed by atoms with van der Waals surface area (Å²) in [6.45, 7) is 5.89. The fourth-order valence-corrected chi connectivity index (χ4v) is 2.84. The van der Waals surface area contributed by atoms with Gasteiger partial charge in [0.15, 0.2) is 0 Å². The quantitative estimate of drug-likeness (QED) is 0.736. The molecule has 9 heteroatoms. The smallest absolute Gasteiger partial charge is 0.416 e. The molecular formula is C17H22N4O4S. The first kappa shape index (κ1) is 19.8. The number of hydrogen-bond acceptors (Lipinski definition) is 7. The van der Waals surface area contributed by atoms with Gasteiger partial charge in [-0.15, -0.1) is 10.2 Å². The molecule has 0 spiro atoms. The second kappa shape index (κ2) is 8.70. The van der Waals surface area contributed by atoms with Gasteiger partial charge in [0.25, 0.3) is 0 Å². The summed E-state index contributed by atoms with van der Waals surface area (Å²) >= 11 is 1.07. The van der Waals surface area contributed by atoms with E-state index in [1.807, 2.05) is 26.8 Å². The van der Waals surface area contributed by atoms with Crippen LogP contribution in [0.15, 0.2) is 24.4 Å². The largest absolute Gasteiger partial charge is 0.476 e. The lowest BCUT2D eigenvalue weighted by atomic mass is 10.2. The van der Waals surface area contributed by atoms with Crippen LogP contribution >= 0.6 is 11.3 Å². The number of pyridine rings is 1. The van der Waals surface area contributed by atoms with Crippen LogP contribution in [0, 0.1) is 0 Å². The molecule has 0 aliphatic heterocycles. The van der Waals surface area contributed by atoms with E-state index in [1.165, 1.54) is 4.90 Å². The van der Waals surface area contributed by atoms with Crippen LogP contribution in [-0.4, -0.2) is 44.5 Å². The first-order valence-electron chi connectivity index (χ1n) is 8.23. The van der Waals surface area contributed by atoms with Crippen molar-refractivity contribution in [3.63, 3.8) is 0 Å². The van der Waals surface area contributed by atoms with Crippen molar-refractivity contribution in [2.45, 2.75) is 45.6 Å². The van der Waals surface area contributed by atoms with E-state index in [1.54, 1.807) is 18.3 Å². The van der Waals surface area contributed by atoms with Gasteiger partial charge in [-0.3, -0.25) is 4.90 Å². The molecule has 0 radical (unpaired) electrons. The zero-order valence-electron chi connectivity index (χ0n) is 15.0. The van der Waals surface area contributed by atoms with Crippen LogP contribution in [0.25, 0.3) is 0 Å². The van der Waals surface area contributed by atoms with Crippen LogP contribution < -0.4 is 4.90 Å². The Balaban J connectivity index is 1.94. The average molecular weight is 378 g/mol. The summed E-state index contributed by atoms with van der Waals surface area (Å²) in [5.74, 6) is -0.536. The maximum Gasteiger partial charge on any atom is 0.416 e. The maximum absolute atomic E-state index is 12.5. The third-order valence-electron chi connectivity index (χ3n) is 3.21. The van der Waals surface area contributed by atoms with Gasteiger partial charge in [-0.05, 0) is 45.7 Å². The van der Waals surface area contributed by atoms with E-state index in [0.717, 1.165) is 17.8 Å². The zero-order valence-corrected chi connectivity index (χ0v) is 15.8. The van der Waals surface area contributed by atoms with Gasteiger partial charge in [0, 0.05) is 19.2 Å². The SMILES string of the molecule is CC(C)(C)OC(=O)N(CCCCc1nnc(C(=O)O)s1)c1ccccn1. The number of carboxylic acid groups (broad SMARTS) is 1. The number of ether oxygens (including phenoxy) is 1. The molecule has 2 aromatic heterocycles. The number of carbonyl (C=O) groups excluding carboxylic acids is 1. The standard InChI is InChI=1S/C17H22N4O4S/c1-17(2,3)25-16(24)21(12-8-4-6-10-18-12)11-7-5-9-13-19-20-14(26-13)15(22)23/h4,6,8,10H,5,7,9,11H2,1-3H3,(H,22,23). The molecule has 8 nitrogen and oxygen atoms in total. The number of aromatic nitrogens is 3. The van der Waals surface area contributed by atoms with Crippen molar-refractivity contribution < 1.29 is 19.4 Å². The summed E-state index contributed by atoms with van der Waals surface area (Å²) in [6.07, 6.45) is 3.22. The lowest BCUT2D eigenvalue weighted by molar-refractivity contribution is 0.0577. The predicted octanol–water partition coefficient (Wildman–Crippen LogP) is 3.40. The van der Waals surface area contributed by atoms with Gasteiger partial charge >= 0.3 is 12.1 Å². The molecule has 0 bridgehead atoms. The second-order valence-corrected chi connectivity index (χ2v) is 7.65. The van der Waals surface area contributed by atoms with Crippen LogP contribution in [0.1, 0.15) is 48.4 Å². The molecular weight excluding hydrogens is 356 g/mol. The van der Waals surface area contributed by atoms with Gasteiger partial charge < -0.3 is 9.84 Å². The van der Waals surface area contributed by atoms with Crippen molar-refractivity contribution >= 4 is 29.2 Å². The van der Waals surface area contributed by atoms with Crippen LogP contribution in [0.5, 0.6) is 0 Å². The lowest BCUT2D eigenvalue weighted by Gasteiger charge is -2.26. The third-order valence-corrected chi connectivity index (χ3v) is 4.18. The van der Waals surface area contributed by atoms with Gasteiger partial charge in [-0.1, -0.05) is 17.4 Å². The minimum atomic E-state index is -1.07. The number of carbonyl (C=O) groups is 2. The summed E-state index contributed by atoms with van der Waals surface area (Å²) in [5.41, 5.74) is -0.593. The molecule has 1 N–H and O–H groups in total. The van der Waals surface area contributed by atoms with Crippen molar-refractivity contribution in [3.05, 3.63) is 34.4 Å². The van der Waals surface area contributed by atoms with E-state index in [0.29, 0.717) is 30.2 Å². The first-order valence-corrected chi connectivity index (χ1v) is 9.05. The molecule has 0 aliphatic carbocycles. The van der Waals surface area contributed by atoms with E-state index in [-0.39, 0.29) is 5.01 Å². The second-order valence-electron chi connectivity index (χ2n) is 6.58. The molecule has 0 aromatic carbocycles. The summed E-state index contributed by atoms with van der Waals surface area (Å²) < 4.78 is 5.46. The number of hydrogen-bond donors (Lipinski definition) is 1. The van der Waals surface area contributed by atoms with Gasteiger partial charge in [0.1, 0.15) is 16.4 Å². The van der Waals surface area contributed by atoms with E-state index in [2.05, 4.69) is 15.2 Å². The Labute approximate surface area is 155 Å². The Kier molecular flexibility index (Phi) is 6.62. The lowest BCUT2D eigenvalue weighted by Crippen LogP contribution is -2.38. The topological polar surface area (TPSA) is 106 Å². The summed E-state index contributed by atoms with van der Waals surface area (Å²) in [6, 6.07) is 5.36. The molecule has 1 amide bonds. The molecule has 0 saturated carbocycles. The first-order chi connectivity index (χ1) is 12.3. The molecule has 0 unspecified atom stereocenters. The molecule has 0 atom stereocenters. The highest BCUT2D eigenvalue weighted by Crippen LogP contribution is 2.18. The summed E-state index contributed by atoms with van der Waals surface area (Å²) in [4.78, 5) is 29.0. The number of amides is 1. The van der Waals surface area contributed by atoms with Crippen molar-refractivity contribution in [2.75, 3.05) is 11.4 Å². The molecule has 140 valence electrons. The minimum Gasteiger partial charge on any atom is -0.476 e. The van der Waals surface area contributed by atoms with Crippen LogP contribution in [0.2, 0.25) is 0 Å². The Hall–Kier alpha value is -2.55. The average Bonchev–Trinajstić information content (AvgIpc) is 3.03. The predicted molar refractivity (Wildman–Crippen MR) is 97.6 cm³/mol. The Bertz CT molecular complexity index is 743. The van der Waals surface area contributed by atoms with E-state index < -0.39 is 17.7 Å². The fourth-order valence-electron chi connectivity index (χ4n) is 2.12. The monoisotopic (exact) mass is 378 g/mol. The zero-order chi connectivity index (χ0) is 19.2. The van der Waals surface area contributed by atoms with E-state index >= 15 is 0 Å². The number of aryl methyl sites for hydroxylation is 1. The van der Waals surface area contributed by atoms with Crippen molar-refractivity contribution in [1.29, 1.82) is 0 Å². The molecule has 0 saturated heterocycles. The maximum atomic E-state index is 12.5. The number of nitrogens with zero attached hydrogens (tertiary/aromatic N) is 4. The van der Waals surface area contributed by atoms with Gasteiger partial charge in [-0.2, -0.15) is 0 Å². The normalized spacial score (nSPS) is 11.2. The van der Waals surface area contributed by atoms with E-state index in [9.17, 15) is 9.59 Å². The molecule has 2 rings (SSSR count). The highest BCUT2D eigenvalue weighted by atomic mass is 32.1. The van der Waals surface area contributed by atoms with E-state index in [4.69, 9.17) is 9.84 Å². The molecule has 26 heavy (non-hydrogen) atoms. The van der Waals surface area contributed by atoms with Gasteiger partial charge in [0.05, 0.1) is 0 Å². The molecule has 2 heterocycles. The van der Waals surface area contributed by atoms with Gasteiger partial charge in [0.2, 0.25) is 5.01 Å². The number of rotatable bonds is 7. The van der Waals surface area contributed by atoms with Crippen molar-refractivity contribution in [3.8, 4) is 0 Å². The van der Waals surface area contributed by atoms with Crippen molar-refractivity contribution in [2.24, 2.45) is 0 Å². The molecule has 0 aliphatic rings. The highest BCUT2D eigenvalue weighted by molar-refractivity contribution is 7.13. The van der Waals surface area contributed by atoms with Crippen molar-refractivity contribution in [1.82, 2.24) is 15.2 Å². The number of carboxylic acids is 1. The molecule has 2 aromatic rings. The number of aromatic carboxylic acids is 1. The summed E-state index contributed by atoms with van der Waals surface area (Å²) in [7, 11) is 0. The summed E-state index contributed by atoms with van der Waals surface area (Å²) in [5, 5.41) is 17.0. The number of unbranched alkanes of at least 4 members (excludes halogenated alkanes) is 1. The molecule has 0 fully saturated rings. The fraction of sp³-hybridized carbons (Fsp3) is 0.471. The van der Waals surface area contributed by atoms with Crippen LogP contribution in [0.3, 0.4) is 0 Å².